The van der Waals surface area contributed by atoms with E-state index >= 15 is 0 Å². The topological polar surface area (TPSA) is 24.5 Å². The molecule has 0 saturated carbocycles. The van der Waals surface area contributed by atoms with E-state index in [1.54, 1.807) is 7.11 Å². The van der Waals surface area contributed by atoms with Gasteiger partial charge < -0.3 is 15.0 Å². The van der Waals surface area contributed by atoms with Crippen LogP contribution < -0.4 is 5.32 Å². The van der Waals surface area contributed by atoms with E-state index < -0.39 is 0 Å². The Kier molecular flexibility index (Phi) is 9.46. The van der Waals surface area contributed by atoms with Crippen LogP contribution in [-0.2, 0) is 4.74 Å². The highest BCUT2D eigenvalue weighted by molar-refractivity contribution is 7.80. The zero-order valence-electron chi connectivity index (χ0n) is 12.0. The highest BCUT2D eigenvalue weighted by Gasteiger charge is 2.19. The van der Waals surface area contributed by atoms with Crippen LogP contribution in [0.15, 0.2) is 0 Å². The van der Waals surface area contributed by atoms with Gasteiger partial charge in [-0.15, -0.1) is 0 Å². The normalized spacial score (nSPS) is 14.2. The standard InChI is InChI=1S/C13H28N2OS/c1-6-11(3)15(12(4)7-2)13(17)14-9-8-10-16-5/h11-12H,6-10H2,1-5H3,(H,14,17). The maximum atomic E-state index is 5.48. The molecule has 0 spiro atoms. The second kappa shape index (κ2) is 9.66. The molecule has 0 amide bonds. The summed E-state index contributed by atoms with van der Waals surface area (Å²) < 4.78 is 5.02. The highest BCUT2D eigenvalue weighted by atomic mass is 32.1. The summed E-state index contributed by atoms with van der Waals surface area (Å²) in [6.07, 6.45) is 3.22. The molecule has 2 unspecified atom stereocenters. The molecule has 102 valence electrons. The van der Waals surface area contributed by atoms with Gasteiger partial charge in [-0.3, -0.25) is 0 Å². The molecule has 2 atom stereocenters. The van der Waals surface area contributed by atoms with Gasteiger partial charge in [0.2, 0.25) is 0 Å². The van der Waals surface area contributed by atoms with Crippen LogP contribution in [0, 0.1) is 0 Å². The molecule has 0 fully saturated rings. The lowest BCUT2D eigenvalue weighted by Gasteiger charge is -2.36. The molecule has 0 aromatic rings. The van der Waals surface area contributed by atoms with Crippen LogP contribution >= 0.6 is 12.2 Å². The van der Waals surface area contributed by atoms with Gasteiger partial charge in [-0.25, -0.2) is 0 Å². The largest absolute Gasteiger partial charge is 0.385 e. The first-order valence-corrected chi connectivity index (χ1v) is 7.04. The smallest absolute Gasteiger partial charge is 0.169 e. The van der Waals surface area contributed by atoms with Crippen molar-refractivity contribution >= 4 is 17.3 Å². The van der Waals surface area contributed by atoms with Crippen molar-refractivity contribution in [2.75, 3.05) is 20.3 Å². The molecule has 17 heavy (non-hydrogen) atoms. The summed E-state index contributed by atoms with van der Waals surface area (Å²) in [7, 11) is 1.73. The average Bonchev–Trinajstić information content (AvgIpc) is 2.34. The number of hydrogen-bond acceptors (Lipinski definition) is 2. The fraction of sp³-hybridized carbons (Fsp3) is 0.923. The third kappa shape index (κ3) is 6.22. The Balaban J connectivity index is 4.23. The van der Waals surface area contributed by atoms with E-state index in [9.17, 15) is 0 Å². The van der Waals surface area contributed by atoms with Gasteiger partial charge in [-0.2, -0.15) is 0 Å². The van der Waals surface area contributed by atoms with Crippen molar-refractivity contribution < 1.29 is 4.74 Å². The number of methoxy groups -OCH3 is 1. The summed E-state index contributed by atoms with van der Waals surface area (Å²) in [6, 6.07) is 0.986. The second-order valence-electron chi connectivity index (χ2n) is 4.50. The molecule has 0 saturated heterocycles. The van der Waals surface area contributed by atoms with Gasteiger partial charge in [0, 0.05) is 32.3 Å². The lowest BCUT2D eigenvalue weighted by Crippen LogP contribution is -2.49. The van der Waals surface area contributed by atoms with Crippen LogP contribution in [-0.4, -0.2) is 42.4 Å². The van der Waals surface area contributed by atoms with Gasteiger partial charge in [-0.1, -0.05) is 13.8 Å². The van der Waals surface area contributed by atoms with Crippen molar-refractivity contribution in [1.29, 1.82) is 0 Å². The first kappa shape index (κ1) is 16.6. The summed E-state index contributed by atoms with van der Waals surface area (Å²) >= 11 is 5.48. The molecule has 3 nitrogen and oxygen atoms in total. The Labute approximate surface area is 112 Å². The van der Waals surface area contributed by atoms with E-state index in [1.807, 2.05) is 0 Å². The highest BCUT2D eigenvalue weighted by Crippen LogP contribution is 2.12. The van der Waals surface area contributed by atoms with Gasteiger partial charge in [-0.05, 0) is 45.3 Å². The predicted molar refractivity (Wildman–Crippen MR) is 78.4 cm³/mol. The van der Waals surface area contributed by atoms with E-state index in [0.717, 1.165) is 37.5 Å². The molecule has 0 aromatic carbocycles. The van der Waals surface area contributed by atoms with Crippen LogP contribution in [0.25, 0.3) is 0 Å². The van der Waals surface area contributed by atoms with E-state index in [-0.39, 0.29) is 0 Å². The minimum Gasteiger partial charge on any atom is -0.385 e. The Morgan fingerprint density at radius 1 is 1.24 bits per heavy atom. The maximum Gasteiger partial charge on any atom is 0.169 e. The van der Waals surface area contributed by atoms with Crippen molar-refractivity contribution in [3.63, 3.8) is 0 Å². The average molecular weight is 260 g/mol. The molecule has 0 aliphatic carbocycles. The summed E-state index contributed by atoms with van der Waals surface area (Å²) in [6.45, 7) is 10.5. The van der Waals surface area contributed by atoms with Gasteiger partial charge in [0.15, 0.2) is 5.11 Å². The summed E-state index contributed by atoms with van der Waals surface area (Å²) in [5.74, 6) is 0. The number of nitrogens with zero attached hydrogens (tertiary/aromatic N) is 1. The minimum atomic E-state index is 0.493. The molecule has 4 heteroatoms. The van der Waals surface area contributed by atoms with Gasteiger partial charge in [0.05, 0.1) is 0 Å². The van der Waals surface area contributed by atoms with Crippen molar-refractivity contribution in [3.8, 4) is 0 Å². The third-order valence-corrected chi connectivity index (χ3v) is 3.52. The van der Waals surface area contributed by atoms with Crippen molar-refractivity contribution in [2.24, 2.45) is 0 Å². The minimum absolute atomic E-state index is 0.493. The summed E-state index contributed by atoms with van der Waals surface area (Å²) in [5, 5.41) is 4.20. The van der Waals surface area contributed by atoms with Crippen molar-refractivity contribution in [2.45, 2.75) is 59.0 Å². The van der Waals surface area contributed by atoms with E-state index in [0.29, 0.717) is 12.1 Å². The molecule has 0 aliphatic heterocycles. The molecule has 1 N–H and O–H groups in total. The number of nitrogens with one attached hydrogen (secondary N) is 1. The SMILES string of the molecule is CCC(C)N(C(=S)NCCCOC)C(C)CC. The molecule has 0 heterocycles. The van der Waals surface area contributed by atoms with Gasteiger partial charge in [0.25, 0.3) is 0 Å². The predicted octanol–water partition coefficient (Wildman–Crippen LogP) is 2.80. The molecule has 0 bridgehead atoms. The van der Waals surface area contributed by atoms with E-state index in [4.69, 9.17) is 17.0 Å². The molecule has 0 rings (SSSR count). The lowest BCUT2D eigenvalue weighted by atomic mass is 10.1. The maximum absolute atomic E-state index is 5.48. The Morgan fingerprint density at radius 2 is 1.76 bits per heavy atom. The van der Waals surface area contributed by atoms with Crippen molar-refractivity contribution in [1.82, 2.24) is 10.2 Å². The number of ether oxygens (including phenoxy) is 1. The first-order valence-electron chi connectivity index (χ1n) is 6.63. The van der Waals surface area contributed by atoms with Crippen LogP contribution in [0.1, 0.15) is 47.0 Å². The molecule has 0 radical (unpaired) electrons. The molecule has 0 aliphatic rings. The van der Waals surface area contributed by atoms with Crippen molar-refractivity contribution in [3.05, 3.63) is 0 Å². The van der Waals surface area contributed by atoms with Gasteiger partial charge >= 0.3 is 0 Å². The number of hydrogen-bond donors (Lipinski definition) is 1. The fourth-order valence-electron chi connectivity index (χ4n) is 1.73. The Morgan fingerprint density at radius 3 is 2.18 bits per heavy atom. The second-order valence-corrected chi connectivity index (χ2v) is 4.89. The Hall–Kier alpha value is -0.350. The molecular weight excluding hydrogens is 232 g/mol. The Bertz CT molecular complexity index is 202. The first-order chi connectivity index (χ1) is 8.08. The number of thiocarbonyl (C=S) groups is 1. The van der Waals surface area contributed by atoms with Crippen LogP contribution in [0.5, 0.6) is 0 Å². The van der Waals surface area contributed by atoms with E-state index in [1.165, 1.54) is 0 Å². The lowest BCUT2D eigenvalue weighted by molar-refractivity contribution is 0.194. The third-order valence-electron chi connectivity index (χ3n) is 3.17. The molecular formula is C13H28N2OS. The summed E-state index contributed by atoms with van der Waals surface area (Å²) in [5.41, 5.74) is 0. The van der Waals surface area contributed by atoms with Crippen LogP contribution in [0.3, 0.4) is 0 Å². The summed E-state index contributed by atoms with van der Waals surface area (Å²) in [4.78, 5) is 2.32. The quantitative estimate of drug-likeness (QED) is 0.536. The molecule has 0 aromatic heterocycles. The van der Waals surface area contributed by atoms with Gasteiger partial charge in [0.1, 0.15) is 0 Å². The van der Waals surface area contributed by atoms with Crippen LogP contribution in [0.4, 0.5) is 0 Å². The zero-order chi connectivity index (χ0) is 13.3. The van der Waals surface area contributed by atoms with E-state index in [2.05, 4.69) is 37.9 Å². The zero-order valence-corrected chi connectivity index (χ0v) is 12.8. The monoisotopic (exact) mass is 260 g/mol. The number of rotatable bonds is 8. The van der Waals surface area contributed by atoms with Crippen LogP contribution in [0.2, 0.25) is 0 Å². The fourth-order valence-corrected chi connectivity index (χ4v) is 2.19.